The van der Waals surface area contributed by atoms with Crippen LogP contribution in [0.25, 0.3) is 0 Å². The van der Waals surface area contributed by atoms with Crippen LogP contribution in [0, 0.1) is 20.2 Å². The van der Waals surface area contributed by atoms with Crippen LogP contribution in [0.15, 0.2) is 24.3 Å². The zero-order chi connectivity index (χ0) is 19.8. The second kappa shape index (κ2) is 9.12. The van der Waals surface area contributed by atoms with E-state index in [1.807, 2.05) is 0 Å². The van der Waals surface area contributed by atoms with Gasteiger partial charge >= 0.3 is 11.4 Å². The van der Waals surface area contributed by atoms with Gasteiger partial charge in [-0.25, -0.2) is 0 Å². The van der Waals surface area contributed by atoms with Crippen molar-refractivity contribution in [2.75, 3.05) is 37.9 Å². The molecule has 12 heteroatoms. The minimum atomic E-state index is -0.545. The van der Waals surface area contributed by atoms with E-state index in [-0.39, 0.29) is 34.8 Å². The van der Waals surface area contributed by atoms with Crippen LogP contribution in [0.4, 0.5) is 23.0 Å². The average Bonchev–Trinajstić information content (AvgIpc) is 2.66. The summed E-state index contributed by atoms with van der Waals surface area (Å²) in [4.78, 5) is 29.0. The topological polar surface area (TPSA) is 155 Å². The molecule has 2 N–H and O–H groups in total. The van der Waals surface area contributed by atoms with Gasteiger partial charge in [-0.1, -0.05) is 0 Å². The Morgan fingerprint density at radius 1 is 0.852 bits per heavy atom. The smallest absolute Gasteiger partial charge is 0.311 e. The van der Waals surface area contributed by atoms with E-state index in [4.69, 9.17) is 9.47 Å². The van der Waals surface area contributed by atoms with Gasteiger partial charge < -0.3 is 20.1 Å². The van der Waals surface area contributed by atoms with Crippen LogP contribution in [0.5, 0.6) is 11.8 Å². The molecule has 0 amide bonds. The highest BCUT2D eigenvalue weighted by Crippen LogP contribution is 2.26. The van der Waals surface area contributed by atoms with Crippen LogP contribution in [-0.2, 0) is 0 Å². The summed E-state index contributed by atoms with van der Waals surface area (Å²) in [6, 6.07) is 5.41. The summed E-state index contributed by atoms with van der Waals surface area (Å²) in [7, 11) is 2.83. The van der Waals surface area contributed by atoms with Crippen LogP contribution >= 0.6 is 0 Å². The number of aromatic nitrogens is 2. The Bertz CT molecular complexity index is 763. The number of nitrogens with one attached hydrogen (secondary N) is 2. The van der Waals surface area contributed by atoms with Crippen LogP contribution in [0.1, 0.15) is 6.42 Å². The summed E-state index contributed by atoms with van der Waals surface area (Å²) in [6.07, 6.45) is 0.492. The van der Waals surface area contributed by atoms with E-state index in [0.717, 1.165) is 0 Å². The first-order valence-corrected chi connectivity index (χ1v) is 7.83. The monoisotopic (exact) mass is 378 g/mol. The fourth-order valence-corrected chi connectivity index (χ4v) is 2.15. The third-order valence-corrected chi connectivity index (χ3v) is 3.45. The number of nitro groups is 2. The van der Waals surface area contributed by atoms with Gasteiger partial charge in [-0.2, -0.15) is 9.97 Å². The predicted octanol–water partition coefficient (Wildman–Crippen LogP) is 2.22. The Balaban J connectivity index is 1.95. The predicted molar refractivity (Wildman–Crippen MR) is 96.5 cm³/mol. The normalized spacial score (nSPS) is 10.1. The van der Waals surface area contributed by atoms with Gasteiger partial charge in [0.25, 0.3) is 0 Å². The highest BCUT2D eigenvalue weighted by molar-refractivity contribution is 5.58. The van der Waals surface area contributed by atoms with Crippen LogP contribution in [0.3, 0.4) is 0 Å². The summed E-state index contributed by atoms with van der Waals surface area (Å²) in [5.74, 6) is 0.671. The lowest BCUT2D eigenvalue weighted by Gasteiger charge is -2.09. The third kappa shape index (κ3) is 5.14. The molecular weight excluding hydrogens is 360 g/mol. The number of methoxy groups -OCH3 is 2. The highest BCUT2D eigenvalue weighted by atomic mass is 16.6. The molecule has 0 fully saturated rings. The molecule has 0 saturated heterocycles. The summed E-state index contributed by atoms with van der Waals surface area (Å²) >= 11 is 0. The van der Waals surface area contributed by atoms with Gasteiger partial charge in [0.05, 0.1) is 24.1 Å². The molecule has 0 aliphatic carbocycles. The number of anilines is 2. The van der Waals surface area contributed by atoms with Crippen molar-refractivity contribution in [3.8, 4) is 11.8 Å². The second-order valence-corrected chi connectivity index (χ2v) is 5.16. The van der Waals surface area contributed by atoms with Gasteiger partial charge in [0.1, 0.15) is 0 Å². The molecule has 0 aliphatic heterocycles. The molecule has 27 heavy (non-hydrogen) atoms. The van der Waals surface area contributed by atoms with E-state index in [1.165, 1.54) is 38.5 Å². The number of ether oxygens (including phenoxy) is 2. The maximum Gasteiger partial charge on any atom is 0.311 e. The summed E-state index contributed by atoms with van der Waals surface area (Å²) < 4.78 is 9.92. The lowest BCUT2D eigenvalue weighted by atomic mass is 10.3. The molecule has 2 heterocycles. The summed E-state index contributed by atoms with van der Waals surface area (Å²) in [5.41, 5.74) is -0.345. The third-order valence-electron chi connectivity index (χ3n) is 3.45. The van der Waals surface area contributed by atoms with Gasteiger partial charge in [-0.3, -0.25) is 20.2 Å². The molecule has 12 nitrogen and oxygen atoms in total. The average molecular weight is 378 g/mol. The van der Waals surface area contributed by atoms with Gasteiger partial charge in [0, 0.05) is 37.4 Å². The van der Waals surface area contributed by atoms with Crippen LogP contribution in [0.2, 0.25) is 0 Å². The van der Waals surface area contributed by atoms with E-state index >= 15 is 0 Å². The van der Waals surface area contributed by atoms with E-state index in [1.54, 1.807) is 0 Å². The van der Waals surface area contributed by atoms with Crippen molar-refractivity contribution in [1.82, 2.24) is 9.97 Å². The fourth-order valence-electron chi connectivity index (χ4n) is 2.15. The quantitative estimate of drug-likeness (QED) is 0.357. The van der Waals surface area contributed by atoms with Crippen molar-refractivity contribution in [3.05, 3.63) is 44.5 Å². The van der Waals surface area contributed by atoms with E-state index in [0.29, 0.717) is 19.5 Å². The van der Waals surface area contributed by atoms with Crippen LogP contribution < -0.4 is 20.1 Å². The Kier molecular flexibility index (Phi) is 6.63. The largest absolute Gasteiger partial charge is 0.481 e. The first kappa shape index (κ1) is 19.6. The number of nitrogens with zero attached hydrogens (tertiary/aromatic N) is 4. The molecule has 0 saturated carbocycles. The first-order chi connectivity index (χ1) is 13.0. The van der Waals surface area contributed by atoms with Gasteiger partial charge in [0.2, 0.25) is 23.4 Å². The van der Waals surface area contributed by atoms with Crippen molar-refractivity contribution in [3.63, 3.8) is 0 Å². The number of hydrogen-bond donors (Lipinski definition) is 2. The lowest BCUT2D eigenvalue weighted by Crippen LogP contribution is -2.13. The molecule has 2 rings (SSSR count). The molecule has 0 spiro atoms. The maximum absolute atomic E-state index is 11.0. The Hall–Kier alpha value is -3.70. The Labute approximate surface area is 153 Å². The summed E-state index contributed by atoms with van der Waals surface area (Å²) in [6.45, 7) is 0.678. The molecular formula is C15H18N6O6. The van der Waals surface area contributed by atoms with Crippen molar-refractivity contribution >= 4 is 23.0 Å². The minimum absolute atomic E-state index is 0.0878. The molecule has 2 aromatic heterocycles. The lowest BCUT2D eigenvalue weighted by molar-refractivity contribution is -0.384. The van der Waals surface area contributed by atoms with Gasteiger partial charge in [0.15, 0.2) is 0 Å². The molecule has 0 aromatic carbocycles. The summed E-state index contributed by atoms with van der Waals surface area (Å²) in [5, 5.41) is 27.8. The maximum atomic E-state index is 11.0. The number of pyridine rings is 2. The number of rotatable bonds is 10. The fraction of sp³-hybridized carbons (Fsp3) is 0.333. The van der Waals surface area contributed by atoms with Gasteiger partial charge in [-0.15, -0.1) is 0 Å². The van der Waals surface area contributed by atoms with Crippen LogP contribution in [-0.4, -0.2) is 47.1 Å². The Morgan fingerprint density at radius 3 is 1.59 bits per heavy atom. The van der Waals surface area contributed by atoms with Crippen molar-refractivity contribution < 1.29 is 19.3 Å². The van der Waals surface area contributed by atoms with E-state index < -0.39 is 9.85 Å². The van der Waals surface area contributed by atoms with Crippen molar-refractivity contribution in [1.29, 1.82) is 0 Å². The molecule has 144 valence electrons. The SMILES string of the molecule is COc1ccc([N+](=O)[O-])c(NCCCNc2nc(OC)ccc2[N+](=O)[O-])n1. The Morgan fingerprint density at radius 2 is 1.26 bits per heavy atom. The molecule has 0 atom stereocenters. The minimum Gasteiger partial charge on any atom is -0.481 e. The molecule has 0 unspecified atom stereocenters. The van der Waals surface area contributed by atoms with E-state index in [9.17, 15) is 20.2 Å². The molecule has 0 bridgehead atoms. The highest BCUT2D eigenvalue weighted by Gasteiger charge is 2.17. The van der Waals surface area contributed by atoms with E-state index in [2.05, 4.69) is 20.6 Å². The molecule has 0 aliphatic rings. The van der Waals surface area contributed by atoms with Gasteiger partial charge in [-0.05, 0) is 6.42 Å². The standard InChI is InChI=1S/C15H18N6O6/c1-26-12-6-4-10(20(22)23)14(18-12)16-8-3-9-17-15-11(21(24)25)5-7-13(19-15)27-2/h4-7H,3,8-9H2,1-2H3,(H,16,18)(H,17,19). The molecule has 2 aromatic rings. The zero-order valence-corrected chi connectivity index (χ0v) is 14.7. The first-order valence-electron chi connectivity index (χ1n) is 7.83. The zero-order valence-electron chi connectivity index (χ0n) is 14.7. The second-order valence-electron chi connectivity index (χ2n) is 5.16. The van der Waals surface area contributed by atoms with Crippen molar-refractivity contribution in [2.24, 2.45) is 0 Å². The number of hydrogen-bond acceptors (Lipinski definition) is 10. The van der Waals surface area contributed by atoms with Crippen molar-refractivity contribution in [2.45, 2.75) is 6.42 Å². The molecule has 0 radical (unpaired) electrons.